The molecule has 0 aromatic carbocycles. The van der Waals surface area contributed by atoms with E-state index in [0.29, 0.717) is 16.1 Å². The average molecular weight is 492 g/mol. The van der Waals surface area contributed by atoms with Crippen LogP contribution in [0, 0.1) is 24.6 Å². The first-order valence-corrected chi connectivity index (χ1v) is 12.5. The molecule has 2 saturated heterocycles. The molecule has 0 radical (unpaired) electrons. The highest BCUT2D eigenvalue weighted by molar-refractivity contribution is 7.22. The molecule has 6 heterocycles. The topological polar surface area (TPSA) is 79.2 Å². The summed E-state index contributed by atoms with van der Waals surface area (Å²) < 4.78 is 17.1. The fourth-order valence-electron chi connectivity index (χ4n) is 5.36. The Morgan fingerprint density at radius 2 is 1.83 bits per heavy atom. The standard InChI is InChI=1S/C25H26FN7OS/c1-14-21-19(6-7-32(3)24(21)34)35-23(14)22-18(26)9-28-25(30-22)29-20-5-4-17(8-27-20)33-12-15-10-31(2)11-16(15)13-33/h4-9,15-16H,10-13H2,1-3H3,(H,27,28,29,30)/t15-,16-/m1/s1. The van der Waals surface area contributed by atoms with Crippen LogP contribution in [0.25, 0.3) is 20.7 Å². The van der Waals surface area contributed by atoms with Crippen LogP contribution < -0.4 is 15.8 Å². The predicted octanol–water partition coefficient (Wildman–Crippen LogP) is 3.64. The van der Waals surface area contributed by atoms with E-state index >= 15 is 0 Å². The Labute approximate surface area is 206 Å². The summed E-state index contributed by atoms with van der Waals surface area (Å²) in [6, 6.07) is 5.82. The quantitative estimate of drug-likeness (QED) is 0.467. The highest BCUT2D eigenvalue weighted by atomic mass is 32.1. The van der Waals surface area contributed by atoms with E-state index in [-0.39, 0.29) is 17.2 Å². The van der Waals surface area contributed by atoms with Crippen molar-refractivity contribution in [3.8, 4) is 10.6 Å². The number of likely N-dealkylation sites (tertiary alicyclic amines) is 1. The first-order chi connectivity index (χ1) is 16.9. The molecule has 0 spiro atoms. The van der Waals surface area contributed by atoms with E-state index in [9.17, 15) is 9.18 Å². The van der Waals surface area contributed by atoms with Crippen molar-refractivity contribution in [3.63, 3.8) is 0 Å². The van der Waals surface area contributed by atoms with Crippen molar-refractivity contribution in [1.82, 2.24) is 24.4 Å². The van der Waals surface area contributed by atoms with Crippen LogP contribution in [0.2, 0.25) is 0 Å². The fourth-order valence-corrected chi connectivity index (χ4v) is 6.54. The molecular weight excluding hydrogens is 465 g/mol. The maximum Gasteiger partial charge on any atom is 0.259 e. The zero-order valence-corrected chi connectivity index (χ0v) is 20.6. The molecule has 2 aliphatic heterocycles. The summed E-state index contributed by atoms with van der Waals surface area (Å²) in [7, 11) is 3.90. The third-order valence-corrected chi connectivity index (χ3v) is 8.40. The number of aromatic nitrogens is 4. The lowest BCUT2D eigenvalue weighted by molar-refractivity contribution is 0.387. The first-order valence-electron chi connectivity index (χ1n) is 11.7. The summed E-state index contributed by atoms with van der Waals surface area (Å²) in [5, 5.41) is 3.69. The minimum atomic E-state index is -0.532. The highest BCUT2D eigenvalue weighted by Crippen LogP contribution is 2.37. The zero-order valence-electron chi connectivity index (χ0n) is 19.8. The van der Waals surface area contributed by atoms with Gasteiger partial charge >= 0.3 is 0 Å². The number of anilines is 3. The summed E-state index contributed by atoms with van der Waals surface area (Å²) in [6.45, 7) is 6.27. The van der Waals surface area contributed by atoms with Gasteiger partial charge in [-0.05, 0) is 49.6 Å². The van der Waals surface area contributed by atoms with Gasteiger partial charge in [0.1, 0.15) is 11.5 Å². The Morgan fingerprint density at radius 1 is 1.06 bits per heavy atom. The molecule has 4 aromatic heterocycles. The zero-order chi connectivity index (χ0) is 24.3. The molecule has 0 saturated carbocycles. The van der Waals surface area contributed by atoms with Gasteiger partial charge in [-0.2, -0.15) is 0 Å². The molecule has 10 heteroatoms. The van der Waals surface area contributed by atoms with Gasteiger partial charge in [0.2, 0.25) is 5.95 Å². The molecule has 1 N–H and O–H groups in total. The second-order valence-corrected chi connectivity index (χ2v) is 10.6. The van der Waals surface area contributed by atoms with Crippen LogP contribution in [-0.4, -0.2) is 57.6 Å². The van der Waals surface area contributed by atoms with Crippen LogP contribution >= 0.6 is 11.3 Å². The molecule has 2 fully saturated rings. The maximum absolute atomic E-state index is 14.8. The third-order valence-electron chi connectivity index (χ3n) is 7.14. The number of nitrogens with one attached hydrogen (secondary N) is 1. The summed E-state index contributed by atoms with van der Waals surface area (Å²) in [6.07, 6.45) is 4.74. The molecule has 8 nitrogen and oxygen atoms in total. The number of thiophene rings is 1. The Balaban J connectivity index is 1.24. The van der Waals surface area contributed by atoms with Gasteiger partial charge in [0, 0.05) is 44.1 Å². The second-order valence-electron chi connectivity index (χ2n) is 9.59. The Bertz CT molecular complexity index is 1470. The van der Waals surface area contributed by atoms with Gasteiger partial charge in [-0.3, -0.25) is 4.79 Å². The van der Waals surface area contributed by atoms with Crippen LogP contribution in [0.3, 0.4) is 0 Å². The molecule has 35 heavy (non-hydrogen) atoms. The number of nitrogens with zero attached hydrogens (tertiary/aromatic N) is 6. The van der Waals surface area contributed by atoms with Crippen LogP contribution in [0.4, 0.5) is 21.8 Å². The molecule has 0 bridgehead atoms. The Hall–Kier alpha value is -3.37. The lowest BCUT2D eigenvalue weighted by Gasteiger charge is -2.21. The molecular formula is C25H26FN7OS. The van der Waals surface area contributed by atoms with Gasteiger partial charge in [0.25, 0.3) is 5.56 Å². The first kappa shape index (κ1) is 22.1. The molecule has 6 rings (SSSR count). The highest BCUT2D eigenvalue weighted by Gasteiger charge is 2.38. The minimum Gasteiger partial charge on any atom is -0.370 e. The van der Waals surface area contributed by atoms with Crippen molar-refractivity contribution in [2.45, 2.75) is 6.92 Å². The van der Waals surface area contributed by atoms with E-state index in [2.05, 4.69) is 43.2 Å². The Kier molecular flexibility index (Phi) is 5.30. The molecule has 2 aliphatic rings. The van der Waals surface area contributed by atoms with Gasteiger partial charge in [0.15, 0.2) is 5.82 Å². The molecule has 4 aromatic rings. The van der Waals surface area contributed by atoms with Crippen molar-refractivity contribution < 1.29 is 4.39 Å². The fraction of sp³-hybridized carbons (Fsp3) is 0.360. The second kappa shape index (κ2) is 8.39. The largest absolute Gasteiger partial charge is 0.370 e. The van der Waals surface area contributed by atoms with E-state index in [1.807, 2.05) is 25.3 Å². The van der Waals surface area contributed by atoms with E-state index in [1.165, 1.54) is 15.9 Å². The molecule has 0 aliphatic carbocycles. The van der Waals surface area contributed by atoms with Crippen molar-refractivity contribution in [2.75, 3.05) is 43.4 Å². The summed E-state index contributed by atoms with van der Waals surface area (Å²) in [4.78, 5) is 31.1. The van der Waals surface area contributed by atoms with E-state index in [0.717, 1.165) is 60.2 Å². The number of hydrogen-bond acceptors (Lipinski definition) is 8. The number of pyridine rings is 2. The molecule has 0 unspecified atom stereocenters. The van der Waals surface area contributed by atoms with Crippen LogP contribution in [0.1, 0.15) is 5.56 Å². The van der Waals surface area contributed by atoms with Crippen LogP contribution in [-0.2, 0) is 7.05 Å². The van der Waals surface area contributed by atoms with Gasteiger partial charge in [0.05, 0.1) is 28.3 Å². The third kappa shape index (κ3) is 3.86. The van der Waals surface area contributed by atoms with Crippen molar-refractivity contribution in [1.29, 1.82) is 0 Å². The lowest BCUT2D eigenvalue weighted by Crippen LogP contribution is -2.26. The maximum atomic E-state index is 14.8. The lowest BCUT2D eigenvalue weighted by atomic mass is 10.0. The monoisotopic (exact) mass is 491 g/mol. The summed E-state index contributed by atoms with van der Waals surface area (Å²) in [5.74, 6) is 1.76. The van der Waals surface area contributed by atoms with Gasteiger partial charge < -0.3 is 19.7 Å². The van der Waals surface area contributed by atoms with Crippen LogP contribution in [0.5, 0.6) is 0 Å². The minimum absolute atomic E-state index is 0.103. The average Bonchev–Trinajstić information content (AvgIpc) is 3.49. The molecule has 2 atom stereocenters. The van der Waals surface area contributed by atoms with Crippen LogP contribution in [0.15, 0.2) is 41.6 Å². The van der Waals surface area contributed by atoms with Gasteiger partial charge in [-0.25, -0.2) is 19.3 Å². The van der Waals surface area contributed by atoms with E-state index in [1.54, 1.807) is 13.2 Å². The molecule has 0 amide bonds. The number of halogens is 1. The van der Waals surface area contributed by atoms with Gasteiger partial charge in [-0.15, -0.1) is 11.3 Å². The Morgan fingerprint density at radius 3 is 2.54 bits per heavy atom. The van der Waals surface area contributed by atoms with Crippen molar-refractivity contribution >= 4 is 38.9 Å². The SMILES string of the molecule is Cc1c(-c2nc(Nc3ccc(N4C[C@H]5CN(C)C[C@@H]5C4)cn3)ncc2F)sc2ccn(C)c(=O)c12. The van der Waals surface area contributed by atoms with Crippen molar-refractivity contribution in [3.05, 3.63) is 58.5 Å². The van der Waals surface area contributed by atoms with E-state index in [4.69, 9.17) is 0 Å². The number of hydrogen-bond donors (Lipinski definition) is 1. The summed E-state index contributed by atoms with van der Waals surface area (Å²) >= 11 is 1.36. The normalized spacial score (nSPS) is 20.1. The smallest absolute Gasteiger partial charge is 0.259 e. The van der Waals surface area contributed by atoms with Crippen molar-refractivity contribution in [2.24, 2.45) is 18.9 Å². The predicted molar refractivity (Wildman–Crippen MR) is 137 cm³/mol. The number of fused-ring (bicyclic) bond motifs is 2. The molecule has 180 valence electrons. The van der Waals surface area contributed by atoms with E-state index < -0.39 is 5.82 Å². The number of rotatable bonds is 4. The summed E-state index contributed by atoms with van der Waals surface area (Å²) in [5.41, 5.74) is 1.90. The number of aryl methyl sites for hydroxylation is 2. The van der Waals surface area contributed by atoms with Gasteiger partial charge in [-0.1, -0.05) is 0 Å².